The highest BCUT2D eigenvalue weighted by molar-refractivity contribution is 6.12. The number of carbonyl (C=O) groups excluding carboxylic acids is 1. The van der Waals surface area contributed by atoms with Gasteiger partial charge in [-0.3, -0.25) is 10.1 Å². The van der Waals surface area contributed by atoms with E-state index in [2.05, 4.69) is 4.99 Å². The van der Waals surface area contributed by atoms with Crippen LogP contribution in [0.2, 0.25) is 0 Å². The molecule has 2 heterocycles. The van der Waals surface area contributed by atoms with Crippen LogP contribution in [-0.2, 0) is 9.53 Å². The van der Waals surface area contributed by atoms with Crippen LogP contribution in [0.15, 0.2) is 81.8 Å². The van der Waals surface area contributed by atoms with E-state index in [0.717, 1.165) is 16.7 Å². The Kier molecular flexibility index (Phi) is 4.86. The van der Waals surface area contributed by atoms with Gasteiger partial charge in [0.15, 0.2) is 5.70 Å². The number of hydrogen-bond acceptors (Lipinski definition) is 6. The lowest BCUT2D eigenvalue weighted by Crippen LogP contribution is -2.04. The van der Waals surface area contributed by atoms with Gasteiger partial charge in [-0.15, -0.1) is 0 Å². The zero-order valence-electron chi connectivity index (χ0n) is 15.0. The molecule has 142 valence electrons. The van der Waals surface area contributed by atoms with E-state index in [9.17, 15) is 14.9 Å². The molecule has 2 aromatic carbocycles. The minimum Gasteiger partial charge on any atom is -0.402 e. The molecule has 29 heavy (non-hydrogen) atoms. The highest BCUT2D eigenvalue weighted by atomic mass is 16.6. The van der Waals surface area contributed by atoms with Crippen molar-refractivity contribution in [3.05, 3.63) is 105 Å². The molecule has 1 aliphatic heterocycles. The number of rotatable bonds is 5. The lowest BCUT2D eigenvalue weighted by molar-refractivity contribution is -0.402. The average molecular weight is 386 g/mol. The second-order valence-corrected chi connectivity index (χ2v) is 6.14. The molecule has 3 aromatic rings. The van der Waals surface area contributed by atoms with E-state index in [1.807, 2.05) is 54.6 Å². The first-order chi connectivity index (χ1) is 14.1. The molecule has 1 aromatic heterocycles. The van der Waals surface area contributed by atoms with Crippen LogP contribution in [0.4, 0.5) is 5.88 Å². The van der Waals surface area contributed by atoms with Crippen molar-refractivity contribution in [1.82, 2.24) is 0 Å². The highest BCUT2D eigenvalue weighted by Crippen LogP contribution is 2.21. The predicted molar refractivity (Wildman–Crippen MR) is 108 cm³/mol. The molecule has 0 N–H and O–H groups in total. The number of ether oxygens (including phenoxy) is 1. The third-order valence-corrected chi connectivity index (χ3v) is 4.11. The number of carbonyl (C=O) groups is 1. The molecular formula is C22H14N2O5. The average Bonchev–Trinajstić information content (AvgIpc) is 3.35. The van der Waals surface area contributed by atoms with Gasteiger partial charge in [-0.1, -0.05) is 48.5 Å². The van der Waals surface area contributed by atoms with E-state index in [1.54, 1.807) is 18.2 Å². The van der Waals surface area contributed by atoms with Crippen LogP contribution in [0, 0.1) is 10.1 Å². The maximum Gasteiger partial charge on any atom is 0.433 e. The first-order valence-corrected chi connectivity index (χ1v) is 8.69. The number of hydrogen-bond donors (Lipinski definition) is 0. The van der Waals surface area contributed by atoms with E-state index < -0.39 is 10.9 Å². The Hall–Kier alpha value is -4.26. The fraction of sp³-hybridized carbons (Fsp3) is 0. The van der Waals surface area contributed by atoms with Crippen LogP contribution in [0.1, 0.15) is 22.5 Å². The first-order valence-electron chi connectivity index (χ1n) is 8.69. The summed E-state index contributed by atoms with van der Waals surface area (Å²) in [7, 11) is 0. The van der Waals surface area contributed by atoms with Crippen molar-refractivity contribution in [2.45, 2.75) is 0 Å². The van der Waals surface area contributed by atoms with Crippen molar-refractivity contribution in [3.8, 4) is 0 Å². The van der Waals surface area contributed by atoms with E-state index in [-0.39, 0.29) is 17.5 Å². The fourth-order valence-electron chi connectivity index (χ4n) is 2.68. The van der Waals surface area contributed by atoms with Crippen molar-refractivity contribution in [2.75, 3.05) is 0 Å². The number of aliphatic imine (C=N–C) groups is 1. The van der Waals surface area contributed by atoms with E-state index in [4.69, 9.17) is 9.15 Å². The van der Waals surface area contributed by atoms with Gasteiger partial charge in [0.05, 0.1) is 6.07 Å². The summed E-state index contributed by atoms with van der Waals surface area (Å²) < 4.78 is 10.3. The molecule has 0 radical (unpaired) electrons. The van der Waals surface area contributed by atoms with Gasteiger partial charge in [-0.25, -0.2) is 9.79 Å². The summed E-state index contributed by atoms with van der Waals surface area (Å²) in [5.41, 5.74) is 2.63. The van der Waals surface area contributed by atoms with Crippen LogP contribution in [-0.4, -0.2) is 16.8 Å². The molecule has 7 heteroatoms. The maximum absolute atomic E-state index is 12.1. The normalized spacial score (nSPS) is 15.0. The quantitative estimate of drug-likeness (QED) is 0.274. The molecule has 1 aliphatic rings. The van der Waals surface area contributed by atoms with Gasteiger partial charge >= 0.3 is 11.9 Å². The van der Waals surface area contributed by atoms with Crippen LogP contribution in [0.25, 0.3) is 18.2 Å². The predicted octanol–water partition coefficient (Wildman–Crippen LogP) is 4.70. The Balaban J connectivity index is 1.49. The van der Waals surface area contributed by atoms with E-state index >= 15 is 0 Å². The van der Waals surface area contributed by atoms with Crippen LogP contribution in [0.5, 0.6) is 0 Å². The molecule has 0 bridgehead atoms. The third-order valence-electron chi connectivity index (χ3n) is 4.11. The molecule has 7 nitrogen and oxygen atoms in total. The largest absolute Gasteiger partial charge is 0.433 e. The zero-order chi connectivity index (χ0) is 20.2. The molecule has 0 amide bonds. The highest BCUT2D eigenvalue weighted by Gasteiger charge is 2.23. The summed E-state index contributed by atoms with van der Waals surface area (Å²) in [4.78, 5) is 26.4. The SMILES string of the molecule is O=C1OC(c2ccccc2)=NC1=Cc1ccc(C=Cc2ccc([N+](=O)[O-])o2)cc1. The molecule has 0 atom stereocenters. The first kappa shape index (κ1) is 18.1. The molecule has 0 unspecified atom stereocenters. The Morgan fingerprint density at radius 1 is 0.897 bits per heavy atom. The summed E-state index contributed by atoms with van der Waals surface area (Å²) >= 11 is 0. The molecule has 4 rings (SSSR count). The van der Waals surface area contributed by atoms with Crippen LogP contribution in [0.3, 0.4) is 0 Å². The molecule has 0 spiro atoms. The number of nitrogens with zero attached hydrogens (tertiary/aromatic N) is 2. The minimum atomic E-state index is -0.584. The zero-order valence-corrected chi connectivity index (χ0v) is 15.0. The lowest BCUT2D eigenvalue weighted by Gasteiger charge is -1.97. The molecular weight excluding hydrogens is 372 g/mol. The third kappa shape index (κ3) is 4.19. The van der Waals surface area contributed by atoms with Crippen molar-refractivity contribution in [3.63, 3.8) is 0 Å². The van der Waals surface area contributed by atoms with Crippen molar-refractivity contribution < 1.29 is 18.9 Å². The smallest absolute Gasteiger partial charge is 0.402 e. The maximum atomic E-state index is 12.1. The monoisotopic (exact) mass is 386 g/mol. The summed E-state index contributed by atoms with van der Waals surface area (Å²) in [6.45, 7) is 0. The van der Waals surface area contributed by atoms with Crippen LogP contribution >= 0.6 is 0 Å². The summed E-state index contributed by atoms with van der Waals surface area (Å²) in [5.74, 6) is -0.119. The van der Waals surface area contributed by atoms with Gasteiger partial charge < -0.3 is 9.15 Å². The van der Waals surface area contributed by atoms with Gasteiger partial charge in [0, 0.05) is 5.56 Å². The Morgan fingerprint density at radius 2 is 1.62 bits per heavy atom. The number of nitro groups is 1. The van der Waals surface area contributed by atoms with Gasteiger partial charge in [0.2, 0.25) is 5.90 Å². The lowest BCUT2D eigenvalue weighted by atomic mass is 10.1. The molecule has 0 fully saturated rings. The van der Waals surface area contributed by atoms with E-state index in [0.29, 0.717) is 5.76 Å². The van der Waals surface area contributed by atoms with Gasteiger partial charge in [-0.2, -0.15) is 0 Å². The second-order valence-electron chi connectivity index (χ2n) is 6.14. The molecule has 0 aliphatic carbocycles. The Bertz CT molecular complexity index is 1160. The summed E-state index contributed by atoms with van der Waals surface area (Å²) in [5, 5.41) is 10.6. The van der Waals surface area contributed by atoms with Crippen LogP contribution < -0.4 is 0 Å². The Morgan fingerprint density at radius 3 is 2.31 bits per heavy atom. The standard InChI is InChI=1S/C22H14N2O5/c25-22-19(23-21(29-22)17-4-2-1-3-5-17)14-16-8-6-15(7-9-16)10-11-18-12-13-20(28-18)24(26)27/h1-14H. The van der Waals surface area contributed by atoms with E-state index in [1.165, 1.54) is 12.1 Å². The number of cyclic esters (lactones) is 1. The molecule has 0 saturated carbocycles. The fourth-order valence-corrected chi connectivity index (χ4v) is 2.68. The van der Waals surface area contributed by atoms with Gasteiger partial charge in [-0.05, 0) is 41.5 Å². The van der Waals surface area contributed by atoms with Gasteiger partial charge in [0.25, 0.3) is 0 Å². The summed E-state index contributed by atoms with van der Waals surface area (Å²) in [6.07, 6.45) is 5.07. The molecule has 0 saturated heterocycles. The second kappa shape index (κ2) is 7.77. The summed E-state index contributed by atoms with van der Waals surface area (Å²) in [6, 6.07) is 19.4. The van der Waals surface area contributed by atoms with Crippen molar-refractivity contribution in [1.29, 1.82) is 0 Å². The number of esters is 1. The number of furan rings is 1. The van der Waals surface area contributed by atoms with Gasteiger partial charge in [0.1, 0.15) is 10.7 Å². The number of benzene rings is 2. The minimum absolute atomic E-state index is 0.232. The van der Waals surface area contributed by atoms with Crippen molar-refractivity contribution >= 4 is 36.0 Å². The Labute approximate surface area is 165 Å². The van der Waals surface area contributed by atoms with Crippen molar-refractivity contribution in [2.24, 2.45) is 4.99 Å². The topological polar surface area (TPSA) is 94.9 Å².